The minimum Gasteiger partial charge on any atom is -0.391 e. The van der Waals surface area contributed by atoms with Crippen LogP contribution < -0.4 is 0 Å². The molecule has 3 rings (SSSR count). The maximum atomic E-state index is 12.6. The summed E-state index contributed by atoms with van der Waals surface area (Å²) >= 11 is 3.59. The van der Waals surface area contributed by atoms with Gasteiger partial charge in [0.2, 0.25) is 0 Å². The topological polar surface area (TPSA) is 40.5 Å². The van der Waals surface area contributed by atoms with Crippen molar-refractivity contribution in [3.8, 4) is 0 Å². The van der Waals surface area contributed by atoms with Crippen LogP contribution in [0.4, 0.5) is 0 Å². The van der Waals surface area contributed by atoms with Gasteiger partial charge >= 0.3 is 0 Å². The molecule has 5 heteroatoms. The van der Waals surface area contributed by atoms with Crippen molar-refractivity contribution in [3.63, 3.8) is 0 Å². The van der Waals surface area contributed by atoms with Gasteiger partial charge in [-0.2, -0.15) is 11.8 Å². The molecule has 1 aromatic heterocycles. The molecular weight excluding hydrogens is 290 g/mol. The SMILES string of the molecule is CN(C(=O)c1cc2c(s1)CCSC2)C1CCCCC1O. The number of likely N-dealkylation sites (N-methyl/N-ethyl adjacent to an activating group) is 1. The lowest BCUT2D eigenvalue weighted by Crippen LogP contribution is -2.46. The van der Waals surface area contributed by atoms with Crippen LogP contribution in [0.3, 0.4) is 0 Å². The highest BCUT2D eigenvalue weighted by atomic mass is 32.2. The molecular formula is C15H21NO2S2. The van der Waals surface area contributed by atoms with E-state index in [2.05, 4.69) is 6.07 Å². The molecule has 1 aliphatic carbocycles. The van der Waals surface area contributed by atoms with Gasteiger partial charge in [0.25, 0.3) is 5.91 Å². The fraction of sp³-hybridized carbons (Fsp3) is 0.667. The summed E-state index contributed by atoms with van der Waals surface area (Å²) in [5.41, 5.74) is 1.34. The highest BCUT2D eigenvalue weighted by Gasteiger charge is 2.31. The quantitative estimate of drug-likeness (QED) is 0.913. The summed E-state index contributed by atoms with van der Waals surface area (Å²) in [4.78, 5) is 16.6. The summed E-state index contributed by atoms with van der Waals surface area (Å²) in [6, 6.07) is 2.06. The van der Waals surface area contributed by atoms with Crippen LogP contribution in [0, 0.1) is 0 Å². The monoisotopic (exact) mass is 311 g/mol. The number of thioether (sulfide) groups is 1. The fourth-order valence-electron chi connectivity index (χ4n) is 3.12. The zero-order valence-electron chi connectivity index (χ0n) is 11.8. The Balaban J connectivity index is 1.75. The van der Waals surface area contributed by atoms with Gasteiger partial charge in [-0.1, -0.05) is 12.8 Å². The van der Waals surface area contributed by atoms with Crippen molar-refractivity contribution in [1.82, 2.24) is 4.90 Å². The number of thiophene rings is 1. The number of aliphatic hydroxyl groups excluding tert-OH is 1. The smallest absolute Gasteiger partial charge is 0.264 e. The number of aryl methyl sites for hydroxylation is 1. The van der Waals surface area contributed by atoms with Crippen molar-refractivity contribution in [2.24, 2.45) is 0 Å². The Hall–Kier alpha value is -0.520. The van der Waals surface area contributed by atoms with Gasteiger partial charge in [-0.3, -0.25) is 4.79 Å². The fourth-order valence-corrected chi connectivity index (χ4v) is 5.48. The largest absolute Gasteiger partial charge is 0.391 e. The number of aliphatic hydroxyl groups is 1. The molecule has 0 bridgehead atoms. The Labute approximate surface area is 128 Å². The lowest BCUT2D eigenvalue weighted by molar-refractivity contribution is 0.0271. The van der Waals surface area contributed by atoms with Crippen LogP contribution in [0.2, 0.25) is 0 Å². The van der Waals surface area contributed by atoms with Crippen LogP contribution in [-0.2, 0) is 12.2 Å². The minimum absolute atomic E-state index is 0.00949. The third kappa shape index (κ3) is 2.76. The molecule has 1 aromatic rings. The van der Waals surface area contributed by atoms with Crippen LogP contribution in [0.25, 0.3) is 0 Å². The number of carbonyl (C=O) groups excluding carboxylic acids is 1. The first kappa shape index (κ1) is 14.4. The average molecular weight is 311 g/mol. The molecule has 1 amide bonds. The van der Waals surface area contributed by atoms with Gasteiger partial charge in [0, 0.05) is 17.7 Å². The highest BCUT2D eigenvalue weighted by Crippen LogP contribution is 2.33. The number of amides is 1. The summed E-state index contributed by atoms with van der Waals surface area (Å²) < 4.78 is 0. The Morgan fingerprint density at radius 1 is 1.40 bits per heavy atom. The predicted molar refractivity (Wildman–Crippen MR) is 84.5 cm³/mol. The molecule has 0 aromatic carbocycles. The molecule has 2 heterocycles. The minimum atomic E-state index is -0.358. The summed E-state index contributed by atoms with van der Waals surface area (Å²) in [7, 11) is 1.84. The second kappa shape index (κ2) is 6.08. The summed E-state index contributed by atoms with van der Waals surface area (Å²) in [6.45, 7) is 0. The first-order chi connectivity index (χ1) is 9.66. The number of rotatable bonds is 2. The van der Waals surface area contributed by atoms with E-state index in [1.807, 2.05) is 18.8 Å². The molecule has 2 aliphatic rings. The van der Waals surface area contributed by atoms with Crippen LogP contribution in [0.1, 0.15) is 45.8 Å². The summed E-state index contributed by atoms with van der Waals surface area (Å²) in [6.07, 6.45) is 4.65. The van der Waals surface area contributed by atoms with Crippen molar-refractivity contribution < 1.29 is 9.90 Å². The standard InChI is InChI=1S/C15H21NO2S2/c1-16(11-4-2-3-5-12(11)17)15(18)14-8-10-9-19-7-6-13(10)20-14/h8,11-12,17H,2-7,9H2,1H3. The normalized spacial score (nSPS) is 26.1. The van der Waals surface area contributed by atoms with E-state index in [1.54, 1.807) is 16.2 Å². The van der Waals surface area contributed by atoms with Crippen molar-refractivity contribution >= 4 is 29.0 Å². The molecule has 1 saturated carbocycles. The van der Waals surface area contributed by atoms with Crippen LogP contribution >= 0.6 is 23.1 Å². The van der Waals surface area contributed by atoms with E-state index in [4.69, 9.17) is 0 Å². The van der Waals surface area contributed by atoms with E-state index in [1.165, 1.54) is 16.2 Å². The van der Waals surface area contributed by atoms with Gasteiger partial charge in [-0.05, 0) is 36.6 Å². The second-order valence-electron chi connectivity index (χ2n) is 5.70. The number of hydrogen-bond acceptors (Lipinski definition) is 4. The Morgan fingerprint density at radius 2 is 2.20 bits per heavy atom. The van der Waals surface area contributed by atoms with Gasteiger partial charge < -0.3 is 10.0 Å². The van der Waals surface area contributed by atoms with E-state index < -0.39 is 0 Å². The van der Waals surface area contributed by atoms with Gasteiger partial charge in [0.1, 0.15) is 0 Å². The third-order valence-corrected chi connectivity index (χ3v) is 6.58. The van der Waals surface area contributed by atoms with Crippen LogP contribution in [0.5, 0.6) is 0 Å². The van der Waals surface area contributed by atoms with Crippen LogP contribution in [-0.4, -0.2) is 40.9 Å². The van der Waals surface area contributed by atoms with Crippen LogP contribution in [0.15, 0.2) is 6.07 Å². The molecule has 110 valence electrons. The Bertz CT molecular complexity index is 477. The van der Waals surface area contributed by atoms with E-state index in [0.29, 0.717) is 0 Å². The lowest BCUT2D eigenvalue weighted by atomic mass is 9.91. The first-order valence-corrected chi connectivity index (χ1v) is 9.28. The highest BCUT2D eigenvalue weighted by molar-refractivity contribution is 7.98. The predicted octanol–water partition coefficient (Wildman–Crippen LogP) is 2.91. The molecule has 1 fully saturated rings. The van der Waals surface area contributed by atoms with E-state index >= 15 is 0 Å². The molecule has 0 spiro atoms. The lowest BCUT2D eigenvalue weighted by Gasteiger charge is -2.34. The molecule has 1 N–H and O–H groups in total. The molecule has 0 radical (unpaired) electrons. The second-order valence-corrected chi connectivity index (χ2v) is 7.94. The first-order valence-electron chi connectivity index (χ1n) is 7.31. The van der Waals surface area contributed by atoms with E-state index in [9.17, 15) is 9.90 Å². The Kier molecular flexibility index (Phi) is 4.38. The molecule has 3 nitrogen and oxygen atoms in total. The van der Waals surface area contributed by atoms with Crippen molar-refractivity contribution in [3.05, 3.63) is 21.4 Å². The summed E-state index contributed by atoms with van der Waals surface area (Å²) in [5.74, 6) is 2.29. The van der Waals surface area contributed by atoms with E-state index in [-0.39, 0.29) is 18.1 Å². The van der Waals surface area contributed by atoms with Crippen molar-refractivity contribution in [2.75, 3.05) is 12.8 Å². The maximum absolute atomic E-state index is 12.6. The van der Waals surface area contributed by atoms with Gasteiger partial charge in [0.15, 0.2) is 0 Å². The van der Waals surface area contributed by atoms with Gasteiger partial charge in [0.05, 0.1) is 17.0 Å². The van der Waals surface area contributed by atoms with Crippen molar-refractivity contribution in [2.45, 2.75) is 50.0 Å². The van der Waals surface area contributed by atoms with E-state index in [0.717, 1.165) is 42.7 Å². The molecule has 2 unspecified atom stereocenters. The summed E-state index contributed by atoms with van der Waals surface area (Å²) in [5, 5.41) is 10.1. The zero-order valence-corrected chi connectivity index (χ0v) is 13.4. The van der Waals surface area contributed by atoms with Crippen molar-refractivity contribution in [1.29, 1.82) is 0 Å². The number of fused-ring (bicyclic) bond motifs is 1. The molecule has 20 heavy (non-hydrogen) atoms. The average Bonchev–Trinajstić information content (AvgIpc) is 2.90. The zero-order chi connectivity index (χ0) is 14.1. The van der Waals surface area contributed by atoms with Gasteiger partial charge in [-0.25, -0.2) is 0 Å². The van der Waals surface area contributed by atoms with Gasteiger partial charge in [-0.15, -0.1) is 11.3 Å². The number of nitrogens with zero attached hydrogens (tertiary/aromatic N) is 1. The molecule has 2 atom stereocenters. The Morgan fingerprint density at radius 3 is 2.95 bits per heavy atom. The number of carbonyl (C=O) groups is 1. The molecule has 1 aliphatic heterocycles. The molecule has 0 saturated heterocycles. The maximum Gasteiger partial charge on any atom is 0.264 e. The number of hydrogen-bond donors (Lipinski definition) is 1. The third-order valence-electron chi connectivity index (χ3n) is 4.35.